The molecule has 74 valence electrons. The molecule has 0 bridgehead atoms. The quantitative estimate of drug-likeness (QED) is 0.674. The van der Waals surface area contributed by atoms with Gasteiger partial charge in [-0.15, -0.1) is 0 Å². The van der Waals surface area contributed by atoms with Gasteiger partial charge in [0.25, 0.3) is 0 Å². The average molecular weight is 189 g/mol. The summed E-state index contributed by atoms with van der Waals surface area (Å²) in [6, 6.07) is 6.83. The van der Waals surface area contributed by atoms with Crippen molar-refractivity contribution in [3.05, 3.63) is 29.3 Å². The monoisotopic (exact) mass is 189 g/mol. The van der Waals surface area contributed by atoms with Crippen molar-refractivity contribution in [3.8, 4) is 5.75 Å². The van der Waals surface area contributed by atoms with Crippen LogP contribution in [0.1, 0.15) is 24.0 Å². The van der Waals surface area contributed by atoms with E-state index in [1.807, 2.05) is 0 Å². The summed E-state index contributed by atoms with van der Waals surface area (Å²) in [5.41, 5.74) is 8.89. The standard InChI is InChI=1S/C12H15NO/c1-8-2-3-9-10(6-8)14-5-4-12(9)7-11(12)13/h2-3,6,11H,4-5,7,13H2,1H3. The van der Waals surface area contributed by atoms with Gasteiger partial charge in [0.15, 0.2) is 0 Å². The number of rotatable bonds is 0. The molecule has 0 radical (unpaired) electrons. The summed E-state index contributed by atoms with van der Waals surface area (Å²) in [4.78, 5) is 0. The van der Waals surface area contributed by atoms with Crippen molar-refractivity contribution in [1.82, 2.24) is 0 Å². The van der Waals surface area contributed by atoms with E-state index in [1.54, 1.807) is 0 Å². The summed E-state index contributed by atoms with van der Waals surface area (Å²) in [7, 11) is 0. The van der Waals surface area contributed by atoms with Crippen LogP contribution in [0.5, 0.6) is 5.75 Å². The highest BCUT2D eigenvalue weighted by Gasteiger charge is 2.55. The second-order valence-corrected chi connectivity index (χ2v) is 4.56. The highest BCUT2D eigenvalue weighted by Crippen LogP contribution is 2.54. The van der Waals surface area contributed by atoms with Crippen LogP contribution in [-0.2, 0) is 5.41 Å². The van der Waals surface area contributed by atoms with Gasteiger partial charge in [-0.3, -0.25) is 0 Å². The summed E-state index contributed by atoms with van der Waals surface area (Å²) in [5, 5.41) is 0. The molecular formula is C12H15NO. The zero-order valence-electron chi connectivity index (χ0n) is 8.42. The molecule has 2 N–H and O–H groups in total. The molecule has 1 spiro atoms. The summed E-state index contributed by atoms with van der Waals surface area (Å²) in [6.07, 6.45) is 2.22. The second-order valence-electron chi connectivity index (χ2n) is 4.56. The first-order valence-electron chi connectivity index (χ1n) is 5.22. The molecule has 2 unspecified atom stereocenters. The summed E-state index contributed by atoms with van der Waals surface area (Å²) >= 11 is 0. The fourth-order valence-corrected chi connectivity index (χ4v) is 2.57. The van der Waals surface area contributed by atoms with Gasteiger partial charge in [0.2, 0.25) is 0 Å². The Bertz CT molecular complexity index is 388. The maximum Gasteiger partial charge on any atom is 0.123 e. The predicted octanol–water partition coefficient (Wildman–Crippen LogP) is 1.75. The van der Waals surface area contributed by atoms with E-state index in [2.05, 4.69) is 25.1 Å². The molecule has 0 amide bonds. The third-order valence-corrected chi connectivity index (χ3v) is 3.61. The molecule has 2 heteroatoms. The van der Waals surface area contributed by atoms with Crippen molar-refractivity contribution in [1.29, 1.82) is 0 Å². The minimum atomic E-state index is 0.265. The predicted molar refractivity (Wildman–Crippen MR) is 55.6 cm³/mol. The van der Waals surface area contributed by atoms with Crippen LogP contribution in [0, 0.1) is 6.92 Å². The van der Waals surface area contributed by atoms with Crippen molar-refractivity contribution in [3.63, 3.8) is 0 Å². The van der Waals surface area contributed by atoms with Crippen molar-refractivity contribution < 1.29 is 4.74 Å². The Morgan fingerprint density at radius 3 is 3.00 bits per heavy atom. The Hall–Kier alpha value is -1.02. The largest absolute Gasteiger partial charge is 0.493 e. The van der Waals surface area contributed by atoms with Crippen LogP contribution < -0.4 is 10.5 Å². The molecule has 2 aliphatic rings. The van der Waals surface area contributed by atoms with Crippen LogP contribution in [0.25, 0.3) is 0 Å². The Labute approximate surface area is 84.1 Å². The summed E-state index contributed by atoms with van der Waals surface area (Å²) in [6.45, 7) is 2.92. The Balaban J connectivity index is 2.12. The lowest BCUT2D eigenvalue weighted by atomic mass is 9.88. The Morgan fingerprint density at radius 1 is 1.50 bits per heavy atom. The molecule has 1 fully saturated rings. The number of hydrogen-bond donors (Lipinski definition) is 1. The molecule has 1 heterocycles. The first-order valence-corrected chi connectivity index (χ1v) is 5.22. The maximum atomic E-state index is 6.03. The van der Waals surface area contributed by atoms with Crippen molar-refractivity contribution in [2.24, 2.45) is 5.73 Å². The molecule has 2 nitrogen and oxygen atoms in total. The van der Waals surface area contributed by atoms with E-state index in [1.165, 1.54) is 11.1 Å². The number of ether oxygens (including phenoxy) is 1. The SMILES string of the molecule is Cc1ccc2c(c1)OCCC21CC1N. The van der Waals surface area contributed by atoms with Crippen LogP contribution >= 0.6 is 0 Å². The van der Waals surface area contributed by atoms with E-state index in [9.17, 15) is 0 Å². The van der Waals surface area contributed by atoms with Gasteiger partial charge >= 0.3 is 0 Å². The van der Waals surface area contributed by atoms with Crippen molar-refractivity contribution in [2.75, 3.05) is 6.61 Å². The van der Waals surface area contributed by atoms with Crippen LogP contribution in [-0.4, -0.2) is 12.6 Å². The fourth-order valence-electron chi connectivity index (χ4n) is 2.57. The first kappa shape index (κ1) is 8.30. The Morgan fingerprint density at radius 2 is 2.29 bits per heavy atom. The smallest absolute Gasteiger partial charge is 0.123 e. The Kier molecular flexibility index (Phi) is 1.49. The van der Waals surface area contributed by atoms with Gasteiger partial charge in [-0.2, -0.15) is 0 Å². The lowest BCUT2D eigenvalue weighted by Crippen LogP contribution is -2.26. The van der Waals surface area contributed by atoms with E-state index in [0.717, 1.165) is 25.2 Å². The van der Waals surface area contributed by atoms with Gasteiger partial charge in [0, 0.05) is 17.0 Å². The van der Waals surface area contributed by atoms with E-state index in [4.69, 9.17) is 10.5 Å². The van der Waals surface area contributed by atoms with Gasteiger partial charge < -0.3 is 10.5 Å². The number of nitrogens with two attached hydrogens (primary N) is 1. The molecule has 0 saturated heterocycles. The normalized spacial score (nSPS) is 33.7. The van der Waals surface area contributed by atoms with Gasteiger partial charge in [-0.05, 0) is 31.4 Å². The molecule has 3 rings (SSSR count). The molecule has 2 atom stereocenters. The lowest BCUT2D eigenvalue weighted by Gasteiger charge is -2.26. The summed E-state index contributed by atoms with van der Waals surface area (Å²) in [5.74, 6) is 1.06. The highest BCUT2D eigenvalue weighted by molar-refractivity contribution is 5.49. The maximum absolute atomic E-state index is 6.03. The number of fused-ring (bicyclic) bond motifs is 2. The molecule has 1 aliphatic carbocycles. The molecule has 1 aromatic carbocycles. The van der Waals surface area contributed by atoms with E-state index in [0.29, 0.717) is 6.04 Å². The van der Waals surface area contributed by atoms with E-state index in [-0.39, 0.29) is 5.41 Å². The van der Waals surface area contributed by atoms with Crippen LogP contribution in [0.4, 0.5) is 0 Å². The zero-order valence-corrected chi connectivity index (χ0v) is 8.42. The number of aryl methyl sites for hydroxylation is 1. The second kappa shape index (κ2) is 2.51. The van der Waals surface area contributed by atoms with Crippen molar-refractivity contribution >= 4 is 0 Å². The molecule has 14 heavy (non-hydrogen) atoms. The average Bonchev–Trinajstić information content (AvgIpc) is 2.77. The third kappa shape index (κ3) is 0.947. The molecule has 0 aromatic heterocycles. The van der Waals surface area contributed by atoms with Crippen molar-refractivity contribution in [2.45, 2.75) is 31.2 Å². The first-order chi connectivity index (χ1) is 6.72. The molecular weight excluding hydrogens is 174 g/mol. The molecule has 1 aliphatic heterocycles. The van der Waals surface area contributed by atoms with Crippen LogP contribution in [0.15, 0.2) is 18.2 Å². The molecule has 1 aromatic rings. The van der Waals surface area contributed by atoms with Gasteiger partial charge in [0.05, 0.1) is 6.61 Å². The van der Waals surface area contributed by atoms with Gasteiger partial charge in [-0.1, -0.05) is 12.1 Å². The minimum absolute atomic E-state index is 0.265. The third-order valence-electron chi connectivity index (χ3n) is 3.61. The highest BCUT2D eigenvalue weighted by atomic mass is 16.5. The minimum Gasteiger partial charge on any atom is -0.493 e. The van der Waals surface area contributed by atoms with Crippen LogP contribution in [0.3, 0.4) is 0 Å². The van der Waals surface area contributed by atoms with Gasteiger partial charge in [0.1, 0.15) is 5.75 Å². The molecule has 1 saturated carbocycles. The van der Waals surface area contributed by atoms with E-state index >= 15 is 0 Å². The number of benzene rings is 1. The number of hydrogen-bond acceptors (Lipinski definition) is 2. The lowest BCUT2D eigenvalue weighted by molar-refractivity contribution is 0.258. The topological polar surface area (TPSA) is 35.2 Å². The van der Waals surface area contributed by atoms with E-state index < -0.39 is 0 Å². The van der Waals surface area contributed by atoms with Gasteiger partial charge in [-0.25, -0.2) is 0 Å². The van der Waals surface area contributed by atoms with Crippen LogP contribution in [0.2, 0.25) is 0 Å². The zero-order chi connectivity index (χ0) is 9.76. The fraction of sp³-hybridized carbons (Fsp3) is 0.500. The summed E-state index contributed by atoms with van der Waals surface area (Å²) < 4.78 is 5.67.